The highest BCUT2D eigenvalue weighted by Gasteiger charge is 2.23. The molecule has 2 aromatic heterocycles. The van der Waals surface area contributed by atoms with E-state index in [0.29, 0.717) is 22.5 Å². The van der Waals surface area contributed by atoms with E-state index in [1.165, 1.54) is 43.3 Å². The monoisotopic (exact) mass is 490 g/mol. The number of nitrogens with one attached hydrogen (secondary N) is 1. The Labute approximate surface area is 186 Å². The van der Waals surface area contributed by atoms with E-state index < -0.39 is 16.1 Å². The number of aromatic nitrogens is 4. The van der Waals surface area contributed by atoms with Crippen molar-refractivity contribution in [3.63, 3.8) is 0 Å². The molecule has 3 rings (SSSR count). The normalized spacial score (nSPS) is 12.6. The van der Waals surface area contributed by atoms with Gasteiger partial charge in [-0.2, -0.15) is 4.98 Å². The Bertz CT molecular complexity index is 1160. The third-order valence-electron chi connectivity index (χ3n) is 3.62. The minimum Gasteiger partial charge on any atom is -0.478 e. The maximum absolute atomic E-state index is 12.7. The van der Waals surface area contributed by atoms with Crippen molar-refractivity contribution in [2.24, 2.45) is 5.73 Å². The van der Waals surface area contributed by atoms with Gasteiger partial charge in [-0.25, -0.2) is 18.4 Å². The van der Waals surface area contributed by atoms with Crippen molar-refractivity contribution in [1.29, 1.82) is 0 Å². The first-order chi connectivity index (χ1) is 14.2. The van der Waals surface area contributed by atoms with E-state index in [9.17, 15) is 8.42 Å². The van der Waals surface area contributed by atoms with Crippen LogP contribution in [0.2, 0.25) is 10.0 Å². The Balaban J connectivity index is 1.76. The molecule has 1 aromatic carbocycles. The number of rotatable bonds is 8. The van der Waals surface area contributed by atoms with Crippen LogP contribution in [-0.4, -0.2) is 41.4 Å². The molecule has 3 aromatic rings. The summed E-state index contributed by atoms with van der Waals surface area (Å²) >= 11 is 13.2. The first-order valence-electron chi connectivity index (χ1n) is 8.27. The lowest BCUT2D eigenvalue weighted by atomic mass is 10.4. The first-order valence-corrected chi connectivity index (χ1v) is 11.5. The van der Waals surface area contributed by atoms with Gasteiger partial charge in [0.2, 0.25) is 11.7 Å². The maximum Gasteiger partial charge on any atom is 0.264 e. The van der Waals surface area contributed by atoms with Gasteiger partial charge >= 0.3 is 0 Å². The molecule has 14 heteroatoms. The second-order valence-corrected chi connectivity index (χ2v) is 9.30. The van der Waals surface area contributed by atoms with Crippen LogP contribution in [0, 0.1) is 6.92 Å². The van der Waals surface area contributed by atoms with Crippen LogP contribution < -0.4 is 15.2 Å². The summed E-state index contributed by atoms with van der Waals surface area (Å²) in [5, 5.41) is 4.16. The summed E-state index contributed by atoms with van der Waals surface area (Å²) in [7, 11) is -2.73. The molecule has 1 atom stereocenters. The fourth-order valence-electron chi connectivity index (χ4n) is 2.22. The molecular formula is C16H16Cl2N6O4S2. The quantitative estimate of drug-likeness (QED) is 0.451. The van der Waals surface area contributed by atoms with Gasteiger partial charge < -0.3 is 15.0 Å². The number of benzene rings is 1. The third kappa shape index (κ3) is 5.13. The van der Waals surface area contributed by atoms with E-state index in [1.54, 1.807) is 6.92 Å². The van der Waals surface area contributed by atoms with Gasteiger partial charge in [0.05, 0.1) is 29.4 Å². The predicted octanol–water partition coefficient (Wildman–Crippen LogP) is 3.08. The number of nitrogens with two attached hydrogens (primary N) is 1. The number of ether oxygens (including phenoxy) is 1. The molecule has 0 fully saturated rings. The lowest BCUT2D eigenvalue weighted by Crippen LogP contribution is -2.16. The minimum atomic E-state index is -4.07. The molecule has 30 heavy (non-hydrogen) atoms. The molecule has 0 bridgehead atoms. The molecule has 0 unspecified atom stereocenters. The van der Waals surface area contributed by atoms with Gasteiger partial charge in [0.15, 0.2) is 5.82 Å². The van der Waals surface area contributed by atoms with Crippen LogP contribution in [-0.2, 0) is 10.0 Å². The number of methoxy groups -OCH3 is 1. The van der Waals surface area contributed by atoms with Gasteiger partial charge in [0.1, 0.15) is 9.92 Å². The van der Waals surface area contributed by atoms with Crippen molar-refractivity contribution in [2.45, 2.75) is 22.9 Å². The van der Waals surface area contributed by atoms with Crippen molar-refractivity contribution in [2.75, 3.05) is 17.6 Å². The summed E-state index contributed by atoms with van der Waals surface area (Å²) in [6.45, 7) is 1.69. The number of aryl methyl sites for hydroxylation is 1. The van der Waals surface area contributed by atoms with Gasteiger partial charge in [0.25, 0.3) is 15.9 Å². The van der Waals surface area contributed by atoms with E-state index in [1.807, 2.05) is 0 Å². The minimum absolute atomic E-state index is 0.0241. The van der Waals surface area contributed by atoms with Crippen LogP contribution in [0.5, 0.6) is 5.88 Å². The molecule has 0 aliphatic carbocycles. The number of sulfonamides is 1. The lowest BCUT2D eigenvalue weighted by Gasteiger charge is -2.12. The Kier molecular flexibility index (Phi) is 7.03. The topological polar surface area (TPSA) is 146 Å². The largest absolute Gasteiger partial charge is 0.478 e. The van der Waals surface area contributed by atoms with Gasteiger partial charge in [-0.3, -0.25) is 4.72 Å². The Morgan fingerprint density at radius 1 is 1.33 bits per heavy atom. The highest BCUT2D eigenvalue weighted by molar-refractivity contribution is 7.99. The van der Waals surface area contributed by atoms with E-state index in [0.717, 1.165) is 0 Å². The Hall–Kier alpha value is -2.12. The summed E-state index contributed by atoms with van der Waals surface area (Å²) in [6.07, 6.45) is 1.39. The Morgan fingerprint density at radius 3 is 2.77 bits per heavy atom. The molecule has 10 nitrogen and oxygen atoms in total. The molecule has 3 N–H and O–H groups in total. The smallest absolute Gasteiger partial charge is 0.264 e. The van der Waals surface area contributed by atoms with Gasteiger partial charge in [0, 0.05) is 5.75 Å². The second kappa shape index (κ2) is 9.35. The number of hydrogen-bond acceptors (Lipinski definition) is 10. The molecule has 0 saturated heterocycles. The number of hydrogen-bond donors (Lipinski definition) is 2. The summed E-state index contributed by atoms with van der Waals surface area (Å²) < 4.78 is 37.9. The molecule has 0 aliphatic heterocycles. The van der Waals surface area contributed by atoms with Crippen LogP contribution in [0.3, 0.4) is 0 Å². The summed E-state index contributed by atoms with van der Waals surface area (Å²) in [5.41, 5.74) is 6.02. The molecular weight excluding hydrogens is 475 g/mol. The summed E-state index contributed by atoms with van der Waals surface area (Å²) in [4.78, 5) is 12.2. The fraction of sp³-hybridized carbons (Fsp3) is 0.250. The molecule has 0 aliphatic rings. The molecule has 0 amide bonds. The van der Waals surface area contributed by atoms with Crippen molar-refractivity contribution in [1.82, 2.24) is 20.1 Å². The second-order valence-electron chi connectivity index (χ2n) is 5.82. The average Bonchev–Trinajstić information content (AvgIpc) is 3.15. The maximum atomic E-state index is 12.7. The van der Waals surface area contributed by atoms with Crippen molar-refractivity contribution >= 4 is 50.8 Å². The van der Waals surface area contributed by atoms with Gasteiger partial charge in [-0.05, 0) is 19.1 Å². The van der Waals surface area contributed by atoms with Crippen LogP contribution in [0.25, 0.3) is 0 Å². The fourth-order valence-corrected chi connectivity index (χ4v) is 4.76. The number of halogens is 2. The standard InChI is InChI=1S/C16H16Cl2N6O4S2/c1-8-21-15(28-23-8)10(19)7-29-12-6-20-14(16(22-12)27-2)24-30(25,26)11-5-3-4-9(17)13(11)18/h3-6,10H,7,19H2,1-2H3,(H,20,24)/t10-/m0/s1. The van der Waals surface area contributed by atoms with E-state index in [2.05, 4.69) is 24.8 Å². The molecule has 0 saturated carbocycles. The molecule has 0 radical (unpaired) electrons. The van der Waals surface area contributed by atoms with Crippen molar-refractivity contribution in [3.05, 3.63) is 46.2 Å². The van der Waals surface area contributed by atoms with E-state index in [-0.39, 0.29) is 26.6 Å². The van der Waals surface area contributed by atoms with Crippen LogP contribution in [0.15, 0.2) is 38.8 Å². The highest BCUT2D eigenvalue weighted by atomic mass is 35.5. The Morgan fingerprint density at radius 2 is 2.10 bits per heavy atom. The number of nitrogens with zero attached hydrogens (tertiary/aromatic N) is 4. The number of thioether (sulfide) groups is 1. The van der Waals surface area contributed by atoms with Crippen LogP contribution in [0.4, 0.5) is 5.82 Å². The lowest BCUT2D eigenvalue weighted by molar-refractivity contribution is 0.360. The van der Waals surface area contributed by atoms with Gasteiger partial charge in [-0.15, -0.1) is 11.8 Å². The zero-order valence-corrected chi connectivity index (χ0v) is 18.8. The average molecular weight is 491 g/mol. The highest BCUT2D eigenvalue weighted by Crippen LogP contribution is 2.32. The zero-order chi connectivity index (χ0) is 21.9. The SMILES string of the molecule is COc1nc(SC[C@H](N)c2nc(C)no2)cnc1NS(=O)(=O)c1cccc(Cl)c1Cl. The van der Waals surface area contributed by atoms with E-state index in [4.69, 9.17) is 38.2 Å². The van der Waals surface area contributed by atoms with E-state index >= 15 is 0 Å². The molecule has 0 spiro atoms. The summed E-state index contributed by atoms with van der Waals surface area (Å²) in [6, 6.07) is 3.77. The van der Waals surface area contributed by atoms with Crippen molar-refractivity contribution in [3.8, 4) is 5.88 Å². The molecule has 160 valence electrons. The van der Waals surface area contributed by atoms with Gasteiger partial charge in [-0.1, -0.05) is 34.4 Å². The van der Waals surface area contributed by atoms with Crippen LogP contribution >= 0.6 is 35.0 Å². The summed E-state index contributed by atoms with van der Waals surface area (Å²) in [5.74, 6) is 1.05. The number of anilines is 1. The first kappa shape index (κ1) is 22.6. The van der Waals surface area contributed by atoms with Crippen LogP contribution in [0.1, 0.15) is 17.8 Å². The molecule has 2 heterocycles. The predicted molar refractivity (Wildman–Crippen MR) is 113 cm³/mol. The zero-order valence-electron chi connectivity index (χ0n) is 15.7. The third-order valence-corrected chi connectivity index (χ3v) is 6.95. The van der Waals surface area contributed by atoms with Crippen molar-refractivity contribution < 1.29 is 17.7 Å².